The van der Waals surface area contributed by atoms with Crippen LogP contribution in [0.1, 0.15) is 47.7 Å². The van der Waals surface area contributed by atoms with Crippen LogP contribution in [0.3, 0.4) is 0 Å². The molecule has 1 saturated heterocycles. The van der Waals surface area contributed by atoms with Crippen molar-refractivity contribution in [3.8, 4) is 5.75 Å². The molecule has 3 aromatic rings. The van der Waals surface area contributed by atoms with Gasteiger partial charge in [-0.3, -0.25) is 14.6 Å². The van der Waals surface area contributed by atoms with Crippen LogP contribution in [0.4, 0.5) is 5.69 Å². The molecule has 9 nitrogen and oxygen atoms in total. The molecule has 0 aliphatic carbocycles. The number of carbonyl (C=O) groups is 2. The Kier molecular flexibility index (Phi) is 9.18. The summed E-state index contributed by atoms with van der Waals surface area (Å²) in [6.07, 6.45) is 1.46. The van der Waals surface area contributed by atoms with Gasteiger partial charge < -0.3 is 20.3 Å². The quantitative estimate of drug-likeness (QED) is 0.274. The van der Waals surface area contributed by atoms with Gasteiger partial charge in [0.25, 0.3) is 5.91 Å². The van der Waals surface area contributed by atoms with Crippen molar-refractivity contribution in [1.82, 2.24) is 21.5 Å². The van der Waals surface area contributed by atoms with E-state index in [9.17, 15) is 9.59 Å². The molecule has 5 rings (SSSR count). The number of rotatable bonds is 10. The van der Waals surface area contributed by atoms with Gasteiger partial charge in [0.15, 0.2) is 0 Å². The molecule has 0 spiro atoms. The van der Waals surface area contributed by atoms with Gasteiger partial charge in [0, 0.05) is 40.5 Å². The standard InChI is InChI=1S/C31H35ClN6O3/c1-20-36-37-30-26(19-28(39)33-16-6-7-17-34-31(40)22-8-4-3-5-9-22)35-29(21-10-12-23(32)13-11-21)25-18-24(41-2)14-15-27(25)38(20)30/h3-5,8-15,18,20,26,30,36-37H,6-7,16-17,19H2,1-2H3,(H,33,39)(H,34,40). The summed E-state index contributed by atoms with van der Waals surface area (Å²) in [7, 11) is 1.65. The molecule has 2 aliphatic heterocycles. The zero-order valence-corrected chi connectivity index (χ0v) is 23.9. The van der Waals surface area contributed by atoms with Crippen LogP contribution in [0.2, 0.25) is 5.02 Å². The van der Waals surface area contributed by atoms with E-state index in [1.165, 1.54) is 0 Å². The first kappa shape index (κ1) is 28.6. The predicted molar refractivity (Wildman–Crippen MR) is 162 cm³/mol. The number of ether oxygens (including phenoxy) is 1. The van der Waals surface area contributed by atoms with Crippen LogP contribution in [0, 0.1) is 0 Å². The molecule has 0 radical (unpaired) electrons. The van der Waals surface area contributed by atoms with Crippen LogP contribution in [0.5, 0.6) is 5.75 Å². The molecule has 0 bridgehead atoms. The van der Waals surface area contributed by atoms with E-state index < -0.39 is 0 Å². The molecular weight excluding hydrogens is 540 g/mol. The second kappa shape index (κ2) is 13.2. The smallest absolute Gasteiger partial charge is 0.251 e. The van der Waals surface area contributed by atoms with Crippen LogP contribution < -0.4 is 31.1 Å². The molecular formula is C31H35ClN6O3. The summed E-state index contributed by atoms with van der Waals surface area (Å²) in [5, 5.41) is 6.60. The first-order valence-electron chi connectivity index (χ1n) is 13.9. The van der Waals surface area contributed by atoms with E-state index in [-0.39, 0.29) is 36.6 Å². The molecule has 2 aliphatic rings. The topological polar surface area (TPSA) is 107 Å². The minimum Gasteiger partial charge on any atom is -0.497 e. The number of anilines is 1. The maximum atomic E-state index is 13.1. The summed E-state index contributed by atoms with van der Waals surface area (Å²) in [4.78, 5) is 32.7. The van der Waals surface area contributed by atoms with Crippen LogP contribution in [-0.2, 0) is 4.79 Å². The van der Waals surface area contributed by atoms with Crippen molar-refractivity contribution in [3.63, 3.8) is 0 Å². The monoisotopic (exact) mass is 574 g/mol. The predicted octanol–water partition coefficient (Wildman–Crippen LogP) is 3.87. The lowest BCUT2D eigenvalue weighted by molar-refractivity contribution is -0.121. The zero-order chi connectivity index (χ0) is 28.8. The lowest BCUT2D eigenvalue weighted by atomic mass is 9.99. The lowest BCUT2D eigenvalue weighted by Gasteiger charge is -2.31. The van der Waals surface area contributed by atoms with Crippen LogP contribution in [0.25, 0.3) is 0 Å². The Bertz CT molecular complexity index is 1400. The number of hydrogen-bond donors (Lipinski definition) is 4. The van der Waals surface area contributed by atoms with Crippen molar-refractivity contribution in [1.29, 1.82) is 0 Å². The van der Waals surface area contributed by atoms with Crippen molar-refractivity contribution < 1.29 is 14.3 Å². The van der Waals surface area contributed by atoms with Gasteiger partial charge in [-0.25, -0.2) is 10.9 Å². The Morgan fingerprint density at radius 2 is 1.71 bits per heavy atom. The Balaban J connectivity index is 1.27. The SMILES string of the molecule is COc1ccc2c(c1)C(c1ccc(Cl)cc1)=NC(CC(=O)NCCCCNC(=O)c1ccccc1)C1NNC(C)N21. The summed E-state index contributed by atoms with van der Waals surface area (Å²) in [5.74, 6) is 0.561. The van der Waals surface area contributed by atoms with E-state index in [0.717, 1.165) is 41.1 Å². The van der Waals surface area contributed by atoms with Crippen LogP contribution >= 0.6 is 11.6 Å². The van der Waals surface area contributed by atoms with Crippen LogP contribution in [-0.4, -0.2) is 56.1 Å². The average molecular weight is 575 g/mol. The lowest BCUT2D eigenvalue weighted by Crippen LogP contribution is -2.47. The number of carbonyl (C=O) groups excluding carboxylic acids is 2. The molecule has 3 atom stereocenters. The maximum Gasteiger partial charge on any atom is 0.251 e. The number of nitrogens with zero attached hydrogens (tertiary/aromatic N) is 2. The second-order valence-corrected chi connectivity index (χ2v) is 10.6. The Morgan fingerprint density at radius 3 is 2.44 bits per heavy atom. The van der Waals surface area contributed by atoms with E-state index >= 15 is 0 Å². The molecule has 3 aromatic carbocycles. The molecule has 0 saturated carbocycles. The number of nitrogens with one attached hydrogen (secondary N) is 4. The number of fused-ring (bicyclic) bond motifs is 3. The number of unbranched alkanes of at least 4 members (excludes halogenated alkanes) is 1. The molecule has 2 amide bonds. The number of hydrazine groups is 1. The Morgan fingerprint density at radius 1 is 0.976 bits per heavy atom. The fraction of sp³-hybridized carbons (Fsp3) is 0.323. The van der Waals surface area contributed by atoms with Gasteiger partial charge in [-0.15, -0.1) is 0 Å². The normalized spacial score (nSPS) is 19.4. The highest BCUT2D eigenvalue weighted by Gasteiger charge is 2.40. The van der Waals surface area contributed by atoms with Gasteiger partial charge in [-0.05, 0) is 62.2 Å². The average Bonchev–Trinajstić information content (AvgIpc) is 3.32. The largest absolute Gasteiger partial charge is 0.497 e. The molecule has 41 heavy (non-hydrogen) atoms. The number of aliphatic imine (C=N–C) groups is 1. The third-order valence-electron chi connectivity index (χ3n) is 7.31. The third-order valence-corrected chi connectivity index (χ3v) is 7.56. The Hall–Kier alpha value is -3.92. The Labute approximate surface area is 245 Å². The second-order valence-electron chi connectivity index (χ2n) is 10.1. The molecule has 3 unspecified atom stereocenters. The minimum absolute atomic E-state index is 0.0245. The molecule has 0 aromatic heterocycles. The van der Waals surface area contributed by atoms with Crippen molar-refractivity contribution in [2.45, 2.75) is 44.6 Å². The highest BCUT2D eigenvalue weighted by molar-refractivity contribution is 6.30. The van der Waals surface area contributed by atoms with Gasteiger partial charge in [-0.2, -0.15) is 0 Å². The first-order chi connectivity index (χ1) is 19.9. The zero-order valence-electron chi connectivity index (χ0n) is 23.2. The van der Waals surface area contributed by atoms with Crippen molar-refractivity contribution >= 4 is 34.8 Å². The minimum atomic E-state index is -0.373. The summed E-state index contributed by atoms with van der Waals surface area (Å²) in [6.45, 7) is 3.14. The van der Waals surface area contributed by atoms with Crippen molar-refractivity contribution in [2.24, 2.45) is 4.99 Å². The summed E-state index contributed by atoms with van der Waals surface area (Å²) in [5.41, 5.74) is 10.9. The summed E-state index contributed by atoms with van der Waals surface area (Å²) < 4.78 is 5.55. The van der Waals surface area contributed by atoms with Gasteiger partial charge in [0.05, 0.1) is 31.4 Å². The van der Waals surface area contributed by atoms with E-state index in [1.54, 1.807) is 19.2 Å². The highest BCUT2D eigenvalue weighted by atomic mass is 35.5. The van der Waals surface area contributed by atoms with Crippen molar-refractivity contribution in [2.75, 3.05) is 25.1 Å². The third kappa shape index (κ3) is 6.70. The number of methoxy groups -OCH3 is 1. The number of halogens is 1. The van der Waals surface area contributed by atoms with Gasteiger partial charge >= 0.3 is 0 Å². The van der Waals surface area contributed by atoms with Crippen molar-refractivity contribution in [3.05, 3.63) is 94.5 Å². The summed E-state index contributed by atoms with van der Waals surface area (Å²) >= 11 is 6.19. The molecule has 10 heteroatoms. The fourth-order valence-corrected chi connectivity index (χ4v) is 5.34. The first-order valence-corrected chi connectivity index (χ1v) is 14.2. The van der Waals surface area contributed by atoms with E-state index in [2.05, 4.69) is 33.3 Å². The highest BCUT2D eigenvalue weighted by Crippen LogP contribution is 2.36. The van der Waals surface area contributed by atoms with E-state index in [4.69, 9.17) is 21.3 Å². The maximum absolute atomic E-state index is 13.1. The van der Waals surface area contributed by atoms with Gasteiger partial charge in [0.2, 0.25) is 5.91 Å². The van der Waals surface area contributed by atoms with Crippen LogP contribution in [0.15, 0.2) is 77.8 Å². The van der Waals surface area contributed by atoms with Gasteiger partial charge in [0.1, 0.15) is 11.9 Å². The summed E-state index contributed by atoms with van der Waals surface area (Å²) in [6, 6.07) is 22.3. The van der Waals surface area contributed by atoms with E-state index in [1.807, 2.05) is 60.7 Å². The number of hydrogen-bond acceptors (Lipinski definition) is 7. The fourth-order valence-electron chi connectivity index (χ4n) is 5.22. The van der Waals surface area contributed by atoms with E-state index in [0.29, 0.717) is 23.7 Å². The molecule has 4 N–H and O–H groups in total. The molecule has 2 heterocycles. The number of benzene rings is 3. The molecule has 1 fully saturated rings. The molecule has 214 valence electrons. The van der Waals surface area contributed by atoms with Gasteiger partial charge in [-0.1, -0.05) is 41.9 Å². The number of amides is 2.